The maximum absolute atomic E-state index is 11.9. The van der Waals surface area contributed by atoms with Crippen LogP contribution in [0.3, 0.4) is 0 Å². The van der Waals surface area contributed by atoms with Crippen molar-refractivity contribution in [2.24, 2.45) is 5.73 Å². The molecule has 0 bridgehead atoms. The number of nitrogens with one attached hydrogen (secondary N) is 1. The molecular formula is C15H15ClN2O2S. The molecule has 0 saturated carbocycles. The van der Waals surface area contributed by atoms with Crippen LogP contribution in [-0.4, -0.2) is 11.8 Å². The van der Waals surface area contributed by atoms with Crippen molar-refractivity contribution in [3.63, 3.8) is 0 Å². The van der Waals surface area contributed by atoms with E-state index in [9.17, 15) is 9.59 Å². The van der Waals surface area contributed by atoms with E-state index in [0.717, 1.165) is 12.8 Å². The van der Waals surface area contributed by atoms with Gasteiger partial charge in [-0.05, 0) is 42.5 Å². The highest BCUT2D eigenvalue weighted by molar-refractivity contribution is 7.09. The molecule has 2 rings (SSSR count). The van der Waals surface area contributed by atoms with Crippen LogP contribution in [0.2, 0.25) is 5.02 Å². The zero-order valence-corrected chi connectivity index (χ0v) is 12.8. The average molecular weight is 323 g/mol. The van der Waals surface area contributed by atoms with E-state index in [1.807, 2.05) is 11.4 Å². The molecule has 0 radical (unpaired) electrons. The van der Waals surface area contributed by atoms with E-state index in [-0.39, 0.29) is 16.5 Å². The number of halogens is 1. The van der Waals surface area contributed by atoms with Crippen LogP contribution in [0.1, 0.15) is 28.1 Å². The molecule has 2 aromatic rings. The Balaban J connectivity index is 1.87. The van der Waals surface area contributed by atoms with E-state index < -0.39 is 5.91 Å². The standard InChI is InChI=1S/C15H15ClN2O2S/c16-13-7-6-10(9-12(13)15(17)20)18-14(19)5-1-3-11-4-2-8-21-11/h2,4,6-9H,1,3,5H2,(H2,17,20)(H,18,19). The highest BCUT2D eigenvalue weighted by Gasteiger charge is 2.09. The molecule has 0 unspecified atom stereocenters. The van der Waals surface area contributed by atoms with Gasteiger partial charge in [0.15, 0.2) is 0 Å². The van der Waals surface area contributed by atoms with Crippen LogP contribution in [-0.2, 0) is 11.2 Å². The van der Waals surface area contributed by atoms with Gasteiger partial charge in [0.25, 0.3) is 0 Å². The molecule has 0 aliphatic heterocycles. The Kier molecular flexibility index (Phi) is 5.36. The van der Waals surface area contributed by atoms with E-state index in [1.54, 1.807) is 23.5 Å². The van der Waals surface area contributed by atoms with Gasteiger partial charge in [0.2, 0.25) is 11.8 Å². The van der Waals surface area contributed by atoms with E-state index in [4.69, 9.17) is 17.3 Å². The minimum absolute atomic E-state index is 0.0932. The van der Waals surface area contributed by atoms with Gasteiger partial charge < -0.3 is 11.1 Å². The molecule has 0 aliphatic rings. The number of benzene rings is 1. The second-order valence-electron chi connectivity index (χ2n) is 4.54. The van der Waals surface area contributed by atoms with E-state index in [2.05, 4.69) is 11.4 Å². The van der Waals surface area contributed by atoms with E-state index in [1.165, 1.54) is 10.9 Å². The molecule has 1 heterocycles. The van der Waals surface area contributed by atoms with Crippen molar-refractivity contribution in [1.29, 1.82) is 0 Å². The van der Waals surface area contributed by atoms with E-state index in [0.29, 0.717) is 12.1 Å². The zero-order valence-electron chi connectivity index (χ0n) is 11.3. The molecule has 0 saturated heterocycles. The third-order valence-electron chi connectivity index (χ3n) is 2.92. The molecule has 0 atom stereocenters. The summed E-state index contributed by atoms with van der Waals surface area (Å²) in [7, 11) is 0. The molecular weight excluding hydrogens is 308 g/mol. The minimum atomic E-state index is -0.617. The van der Waals surface area contributed by atoms with Gasteiger partial charge >= 0.3 is 0 Å². The summed E-state index contributed by atoms with van der Waals surface area (Å²) in [6.07, 6.45) is 2.09. The van der Waals surface area contributed by atoms with Crippen molar-refractivity contribution in [2.45, 2.75) is 19.3 Å². The third kappa shape index (κ3) is 4.58. The van der Waals surface area contributed by atoms with Gasteiger partial charge in [-0.3, -0.25) is 9.59 Å². The van der Waals surface area contributed by atoms with Gasteiger partial charge in [0.1, 0.15) is 0 Å². The predicted octanol–water partition coefficient (Wildman–Crippen LogP) is 3.46. The average Bonchev–Trinajstić information content (AvgIpc) is 2.94. The van der Waals surface area contributed by atoms with Gasteiger partial charge in [-0.1, -0.05) is 17.7 Å². The number of amides is 2. The first-order valence-electron chi connectivity index (χ1n) is 6.48. The van der Waals surface area contributed by atoms with Gasteiger partial charge in [-0.15, -0.1) is 11.3 Å². The van der Waals surface area contributed by atoms with Crippen molar-refractivity contribution in [2.75, 3.05) is 5.32 Å². The fourth-order valence-electron chi connectivity index (χ4n) is 1.89. The van der Waals surface area contributed by atoms with Crippen LogP contribution < -0.4 is 11.1 Å². The SMILES string of the molecule is NC(=O)c1cc(NC(=O)CCCc2cccs2)ccc1Cl. The Morgan fingerprint density at radius 2 is 2.10 bits per heavy atom. The second kappa shape index (κ2) is 7.24. The molecule has 0 aliphatic carbocycles. The lowest BCUT2D eigenvalue weighted by Gasteiger charge is -2.07. The van der Waals surface area contributed by atoms with Crippen LogP contribution in [0.5, 0.6) is 0 Å². The van der Waals surface area contributed by atoms with E-state index >= 15 is 0 Å². The van der Waals surface area contributed by atoms with Crippen LogP contribution in [0, 0.1) is 0 Å². The lowest BCUT2D eigenvalue weighted by molar-refractivity contribution is -0.116. The fourth-order valence-corrected chi connectivity index (χ4v) is 2.86. The van der Waals surface area contributed by atoms with Crippen molar-refractivity contribution in [3.8, 4) is 0 Å². The van der Waals surface area contributed by atoms with Crippen LogP contribution in [0.15, 0.2) is 35.7 Å². The summed E-state index contributed by atoms with van der Waals surface area (Å²) < 4.78 is 0. The second-order valence-corrected chi connectivity index (χ2v) is 5.98. The number of thiophene rings is 1. The molecule has 1 aromatic carbocycles. The number of hydrogen-bond donors (Lipinski definition) is 2. The minimum Gasteiger partial charge on any atom is -0.366 e. The fraction of sp³-hybridized carbons (Fsp3) is 0.200. The number of hydrogen-bond acceptors (Lipinski definition) is 3. The highest BCUT2D eigenvalue weighted by atomic mass is 35.5. The summed E-state index contributed by atoms with van der Waals surface area (Å²) >= 11 is 7.54. The number of anilines is 1. The first-order chi connectivity index (χ1) is 10.1. The maximum Gasteiger partial charge on any atom is 0.250 e. The maximum atomic E-state index is 11.9. The number of rotatable bonds is 6. The smallest absolute Gasteiger partial charge is 0.250 e. The molecule has 6 heteroatoms. The summed E-state index contributed by atoms with van der Waals surface area (Å²) in [5.74, 6) is -0.710. The number of primary amides is 1. The number of aryl methyl sites for hydroxylation is 1. The first kappa shape index (κ1) is 15.5. The third-order valence-corrected chi connectivity index (χ3v) is 4.19. The Morgan fingerprint density at radius 1 is 1.29 bits per heavy atom. The van der Waals surface area contributed by atoms with Crippen molar-refractivity contribution >= 4 is 40.4 Å². The summed E-state index contributed by atoms with van der Waals surface area (Å²) in [6.45, 7) is 0. The van der Waals surface area contributed by atoms with Crippen molar-refractivity contribution in [3.05, 3.63) is 51.2 Å². The quantitative estimate of drug-likeness (QED) is 0.854. The monoisotopic (exact) mass is 322 g/mol. The molecule has 2 amide bonds. The normalized spacial score (nSPS) is 10.3. The topological polar surface area (TPSA) is 72.2 Å². The Morgan fingerprint density at radius 3 is 2.76 bits per heavy atom. The largest absolute Gasteiger partial charge is 0.366 e. The van der Waals surface area contributed by atoms with Crippen LogP contribution in [0.25, 0.3) is 0 Å². The zero-order chi connectivity index (χ0) is 15.2. The Bertz CT molecular complexity index is 641. The first-order valence-corrected chi connectivity index (χ1v) is 7.73. The van der Waals surface area contributed by atoms with Crippen LogP contribution in [0.4, 0.5) is 5.69 Å². The number of nitrogens with two attached hydrogens (primary N) is 1. The molecule has 3 N–H and O–H groups in total. The Labute approximate surface area is 131 Å². The summed E-state index contributed by atoms with van der Waals surface area (Å²) in [4.78, 5) is 24.3. The molecule has 1 aromatic heterocycles. The molecule has 0 spiro atoms. The Hall–Kier alpha value is -1.85. The summed E-state index contributed by atoms with van der Waals surface area (Å²) in [6, 6.07) is 8.73. The molecule has 4 nitrogen and oxygen atoms in total. The molecule has 0 fully saturated rings. The number of carbonyl (C=O) groups excluding carboxylic acids is 2. The van der Waals surface area contributed by atoms with Crippen molar-refractivity contribution in [1.82, 2.24) is 0 Å². The molecule has 110 valence electrons. The van der Waals surface area contributed by atoms with Gasteiger partial charge in [0.05, 0.1) is 10.6 Å². The van der Waals surface area contributed by atoms with Crippen molar-refractivity contribution < 1.29 is 9.59 Å². The van der Waals surface area contributed by atoms with Crippen LogP contribution >= 0.6 is 22.9 Å². The lowest BCUT2D eigenvalue weighted by atomic mass is 10.1. The van der Waals surface area contributed by atoms with Gasteiger partial charge in [-0.2, -0.15) is 0 Å². The highest BCUT2D eigenvalue weighted by Crippen LogP contribution is 2.20. The summed E-state index contributed by atoms with van der Waals surface area (Å²) in [5, 5.41) is 5.04. The summed E-state index contributed by atoms with van der Waals surface area (Å²) in [5.41, 5.74) is 5.94. The lowest BCUT2D eigenvalue weighted by Crippen LogP contribution is -2.14. The predicted molar refractivity (Wildman–Crippen MR) is 85.9 cm³/mol. The van der Waals surface area contributed by atoms with Gasteiger partial charge in [-0.25, -0.2) is 0 Å². The molecule has 21 heavy (non-hydrogen) atoms. The van der Waals surface area contributed by atoms with Gasteiger partial charge in [0, 0.05) is 17.0 Å². The number of carbonyl (C=O) groups is 2.